The van der Waals surface area contributed by atoms with Gasteiger partial charge >= 0.3 is 0 Å². The van der Waals surface area contributed by atoms with E-state index in [0.29, 0.717) is 47.7 Å². The number of nitrogens with zero attached hydrogens (tertiary/aromatic N) is 1. The number of aliphatic hydroxyl groups is 1. The Labute approximate surface area is 135 Å². The van der Waals surface area contributed by atoms with E-state index >= 15 is 0 Å². The third kappa shape index (κ3) is 2.92. The lowest BCUT2D eigenvalue weighted by Crippen LogP contribution is -2.51. The van der Waals surface area contributed by atoms with Crippen molar-refractivity contribution in [3.8, 4) is 11.5 Å². The maximum absolute atomic E-state index is 14.4. The van der Waals surface area contributed by atoms with Crippen LogP contribution < -0.4 is 14.8 Å². The van der Waals surface area contributed by atoms with E-state index in [4.69, 9.17) is 9.47 Å². The van der Waals surface area contributed by atoms with Crippen molar-refractivity contribution in [3.63, 3.8) is 0 Å². The van der Waals surface area contributed by atoms with E-state index in [1.54, 1.807) is 17.0 Å². The van der Waals surface area contributed by atoms with Crippen molar-refractivity contribution in [2.45, 2.75) is 12.0 Å². The molecule has 2 aliphatic rings. The zero-order chi connectivity index (χ0) is 15.7. The van der Waals surface area contributed by atoms with Crippen molar-refractivity contribution >= 4 is 15.9 Å². The third-order valence-corrected chi connectivity index (χ3v) is 4.60. The minimum Gasteiger partial charge on any atom is -0.454 e. The van der Waals surface area contributed by atoms with Crippen LogP contribution in [0.2, 0.25) is 0 Å². The lowest BCUT2D eigenvalue weighted by molar-refractivity contribution is -0.118. The van der Waals surface area contributed by atoms with E-state index in [1.807, 2.05) is 0 Å². The number of fused-ring (bicyclic) bond motifs is 1. The van der Waals surface area contributed by atoms with Crippen molar-refractivity contribution in [2.24, 2.45) is 0 Å². The molecular formula is C14H17BrF2N2O3. The highest BCUT2D eigenvalue weighted by Gasteiger charge is 2.45. The Balaban J connectivity index is 2.01. The number of nitrogens with one attached hydrogen (secondary N) is 1. The molecule has 2 aliphatic heterocycles. The summed E-state index contributed by atoms with van der Waals surface area (Å²) in [5.74, 6) is -2.28. The van der Waals surface area contributed by atoms with E-state index in [2.05, 4.69) is 21.2 Å². The fourth-order valence-electron chi connectivity index (χ4n) is 2.86. The van der Waals surface area contributed by atoms with Gasteiger partial charge in [-0.15, -0.1) is 0 Å². The van der Waals surface area contributed by atoms with Crippen LogP contribution in [-0.2, 0) is 0 Å². The van der Waals surface area contributed by atoms with E-state index in [9.17, 15) is 13.9 Å². The Kier molecular flexibility index (Phi) is 4.54. The van der Waals surface area contributed by atoms with Gasteiger partial charge in [-0.05, 0) is 17.7 Å². The first-order valence-corrected chi connectivity index (χ1v) is 7.85. The van der Waals surface area contributed by atoms with Crippen molar-refractivity contribution in [1.82, 2.24) is 10.2 Å². The molecule has 5 nitrogen and oxygen atoms in total. The highest BCUT2D eigenvalue weighted by Crippen LogP contribution is 2.45. The van der Waals surface area contributed by atoms with Crippen LogP contribution >= 0.6 is 15.9 Å². The smallest absolute Gasteiger partial charge is 0.289 e. The number of ether oxygens (including phenoxy) is 2. The van der Waals surface area contributed by atoms with Gasteiger partial charge in [-0.2, -0.15) is 0 Å². The minimum absolute atomic E-state index is 0.0833. The molecule has 0 bridgehead atoms. The fourth-order valence-corrected chi connectivity index (χ4v) is 3.40. The average Bonchev–Trinajstić information content (AvgIpc) is 2.95. The highest BCUT2D eigenvalue weighted by atomic mass is 79.9. The molecular weight excluding hydrogens is 362 g/mol. The number of piperazine rings is 1. The third-order valence-electron chi connectivity index (χ3n) is 3.91. The lowest BCUT2D eigenvalue weighted by atomic mass is 9.97. The molecule has 1 aromatic rings. The number of rotatable bonds is 4. The molecule has 0 radical (unpaired) electrons. The van der Waals surface area contributed by atoms with Crippen molar-refractivity contribution in [2.75, 3.05) is 39.6 Å². The van der Waals surface area contributed by atoms with Gasteiger partial charge in [0.1, 0.15) is 12.6 Å². The number of benzene rings is 1. The normalized spacial score (nSPS) is 20.2. The first-order valence-electron chi connectivity index (χ1n) is 7.05. The molecule has 0 spiro atoms. The second kappa shape index (κ2) is 6.27. The van der Waals surface area contributed by atoms with Crippen LogP contribution in [-0.4, -0.2) is 55.5 Å². The summed E-state index contributed by atoms with van der Waals surface area (Å²) in [6, 6.07) is 1.99. The summed E-state index contributed by atoms with van der Waals surface area (Å²) in [4.78, 5) is 1.69. The van der Waals surface area contributed by atoms with Gasteiger partial charge in [0, 0.05) is 30.7 Å². The molecule has 0 aliphatic carbocycles. The lowest BCUT2D eigenvalue weighted by Gasteiger charge is -2.39. The number of halogens is 3. The van der Waals surface area contributed by atoms with Gasteiger partial charge in [0.05, 0.1) is 0 Å². The van der Waals surface area contributed by atoms with Gasteiger partial charge in [-0.3, -0.25) is 4.90 Å². The van der Waals surface area contributed by atoms with Gasteiger partial charge in [-0.25, -0.2) is 8.78 Å². The minimum atomic E-state index is -3.26. The predicted molar refractivity (Wildman–Crippen MR) is 79.5 cm³/mol. The molecule has 0 saturated carbocycles. The average molecular weight is 379 g/mol. The summed E-state index contributed by atoms with van der Waals surface area (Å²) in [7, 11) is 0. The molecule has 0 unspecified atom stereocenters. The van der Waals surface area contributed by atoms with E-state index < -0.39 is 18.6 Å². The Hall–Kier alpha value is -0.960. The Morgan fingerprint density at radius 3 is 2.55 bits per heavy atom. The maximum atomic E-state index is 14.4. The van der Waals surface area contributed by atoms with Crippen LogP contribution in [0, 0.1) is 0 Å². The van der Waals surface area contributed by atoms with E-state index in [-0.39, 0.29) is 6.79 Å². The molecule has 0 amide bonds. The summed E-state index contributed by atoms with van der Waals surface area (Å²) < 4.78 is 39.9. The Bertz CT molecular complexity index is 553. The molecule has 2 heterocycles. The predicted octanol–water partition coefficient (Wildman–Crippen LogP) is 1.75. The standard InChI is InChI=1S/C14H17BrF2N2O3/c15-10-6-12-11(21-8-22-12)5-9(10)13(14(16,17)7-20)19-3-1-18-2-4-19/h5-6,13,18,20H,1-4,7-8H2/t13-/m0/s1. The maximum Gasteiger partial charge on any atom is 0.289 e. The number of aliphatic hydroxyl groups excluding tert-OH is 1. The topological polar surface area (TPSA) is 54.0 Å². The SMILES string of the molecule is OCC(F)(F)[C@H](c1cc2c(cc1Br)OCO2)N1CCNCC1. The van der Waals surface area contributed by atoms with Crippen LogP contribution in [0.4, 0.5) is 8.78 Å². The molecule has 1 aromatic carbocycles. The second-order valence-electron chi connectivity index (χ2n) is 5.33. The van der Waals surface area contributed by atoms with Crippen LogP contribution in [0.5, 0.6) is 11.5 Å². The zero-order valence-electron chi connectivity index (χ0n) is 11.8. The van der Waals surface area contributed by atoms with Crippen molar-refractivity contribution < 1.29 is 23.4 Å². The number of hydrogen-bond donors (Lipinski definition) is 2. The molecule has 1 saturated heterocycles. The molecule has 1 atom stereocenters. The first kappa shape index (κ1) is 15.9. The van der Waals surface area contributed by atoms with Crippen LogP contribution in [0.15, 0.2) is 16.6 Å². The zero-order valence-corrected chi connectivity index (χ0v) is 13.4. The Morgan fingerprint density at radius 2 is 1.91 bits per heavy atom. The summed E-state index contributed by atoms with van der Waals surface area (Å²) in [5.41, 5.74) is 0.394. The molecule has 0 aromatic heterocycles. The van der Waals surface area contributed by atoms with Gasteiger partial charge in [-0.1, -0.05) is 15.9 Å². The van der Waals surface area contributed by atoms with Crippen molar-refractivity contribution in [1.29, 1.82) is 0 Å². The van der Waals surface area contributed by atoms with Gasteiger partial charge in [0.2, 0.25) is 6.79 Å². The first-order chi connectivity index (χ1) is 10.5. The summed E-state index contributed by atoms with van der Waals surface area (Å²) in [6.07, 6.45) is 0. The summed E-state index contributed by atoms with van der Waals surface area (Å²) in [6.45, 7) is 1.13. The summed E-state index contributed by atoms with van der Waals surface area (Å²) in [5, 5.41) is 12.3. The van der Waals surface area contributed by atoms with Gasteiger partial charge in [0.25, 0.3) is 5.92 Å². The number of hydrogen-bond acceptors (Lipinski definition) is 5. The monoisotopic (exact) mass is 378 g/mol. The van der Waals surface area contributed by atoms with E-state index in [0.717, 1.165) is 0 Å². The van der Waals surface area contributed by atoms with Crippen molar-refractivity contribution in [3.05, 3.63) is 22.2 Å². The summed E-state index contributed by atoms with van der Waals surface area (Å²) >= 11 is 3.35. The fraction of sp³-hybridized carbons (Fsp3) is 0.571. The van der Waals surface area contributed by atoms with Crippen LogP contribution in [0.1, 0.15) is 11.6 Å². The van der Waals surface area contributed by atoms with E-state index in [1.165, 1.54) is 0 Å². The Morgan fingerprint density at radius 1 is 1.27 bits per heavy atom. The highest BCUT2D eigenvalue weighted by molar-refractivity contribution is 9.10. The second-order valence-corrected chi connectivity index (χ2v) is 6.19. The molecule has 8 heteroatoms. The largest absolute Gasteiger partial charge is 0.454 e. The quantitative estimate of drug-likeness (QED) is 0.835. The molecule has 1 fully saturated rings. The van der Waals surface area contributed by atoms with Gasteiger partial charge in [0.15, 0.2) is 11.5 Å². The molecule has 2 N–H and O–H groups in total. The molecule has 22 heavy (non-hydrogen) atoms. The van der Waals surface area contributed by atoms with Gasteiger partial charge < -0.3 is 19.9 Å². The van der Waals surface area contributed by atoms with Crippen LogP contribution in [0.3, 0.4) is 0 Å². The molecule has 3 rings (SSSR count). The van der Waals surface area contributed by atoms with Crippen LogP contribution in [0.25, 0.3) is 0 Å². The molecule has 122 valence electrons. The number of alkyl halides is 2.